The summed E-state index contributed by atoms with van der Waals surface area (Å²) in [4.78, 5) is 0. The molecular formula is C18H15F4NO3. The number of nitrogens with one attached hydrogen (secondary N) is 1. The van der Waals surface area contributed by atoms with Gasteiger partial charge in [0.05, 0.1) is 24.8 Å². The number of hydrogen-bond acceptors (Lipinski definition) is 4. The lowest BCUT2D eigenvalue weighted by Crippen LogP contribution is -2.43. The standard InChI is InChI=1S/C18H15F4NO3/c19-12-7-9(1-4-14(12)24)15-17-16(25-5-6-26-17)11-8-10(18(20,21)22)2-3-13(11)23-15/h1-4,7-8,15-17,23-24H,5-6H2/t15-,16+,17-/m0/s1. The summed E-state index contributed by atoms with van der Waals surface area (Å²) in [5.74, 6) is -1.26. The summed E-state index contributed by atoms with van der Waals surface area (Å²) in [6.45, 7) is 0.543. The molecule has 2 aromatic rings. The number of alkyl halides is 3. The third-order valence-corrected chi connectivity index (χ3v) is 4.65. The number of benzene rings is 2. The van der Waals surface area contributed by atoms with Crippen LogP contribution in [-0.4, -0.2) is 24.4 Å². The molecule has 0 saturated carbocycles. The van der Waals surface area contributed by atoms with E-state index >= 15 is 0 Å². The van der Waals surface area contributed by atoms with Gasteiger partial charge in [-0.1, -0.05) is 6.07 Å². The molecule has 0 amide bonds. The normalized spacial score (nSPS) is 25.2. The van der Waals surface area contributed by atoms with Crippen LogP contribution in [0.4, 0.5) is 23.2 Å². The minimum absolute atomic E-state index is 0.257. The summed E-state index contributed by atoms with van der Waals surface area (Å²) < 4.78 is 64.4. The minimum atomic E-state index is -4.46. The predicted octanol–water partition coefficient (Wildman–Crippen LogP) is 4.17. The Kier molecular flexibility index (Phi) is 4.04. The van der Waals surface area contributed by atoms with Crippen molar-refractivity contribution in [1.29, 1.82) is 0 Å². The van der Waals surface area contributed by atoms with Crippen molar-refractivity contribution in [1.82, 2.24) is 0 Å². The molecular weight excluding hydrogens is 354 g/mol. The van der Waals surface area contributed by atoms with Crippen LogP contribution in [0.1, 0.15) is 28.8 Å². The third-order valence-electron chi connectivity index (χ3n) is 4.65. The van der Waals surface area contributed by atoms with E-state index in [1.54, 1.807) is 6.07 Å². The van der Waals surface area contributed by atoms with Crippen LogP contribution in [0.25, 0.3) is 0 Å². The highest BCUT2D eigenvalue weighted by Gasteiger charge is 2.42. The highest BCUT2D eigenvalue weighted by molar-refractivity contribution is 5.59. The van der Waals surface area contributed by atoms with E-state index in [1.165, 1.54) is 18.2 Å². The van der Waals surface area contributed by atoms with E-state index in [0.717, 1.165) is 12.1 Å². The van der Waals surface area contributed by atoms with Crippen molar-refractivity contribution in [3.63, 3.8) is 0 Å². The van der Waals surface area contributed by atoms with Crippen molar-refractivity contribution < 1.29 is 32.1 Å². The Bertz CT molecular complexity index is 840. The van der Waals surface area contributed by atoms with Crippen LogP contribution in [0.3, 0.4) is 0 Å². The molecule has 0 aliphatic carbocycles. The summed E-state index contributed by atoms with van der Waals surface area (Å²) in [5, 5.41) is 12.5. The van der Waals surface area contributed by atoms with Crippen molar-refractivity contribution in [2.45, 2.75) is 24.4 Å². The smallest absolute Gasteiger partial charge is 0.416 e. The topological polar surface area (TPSA) is 50.7 Å². The minimum Gasteiger partial charge on any atom is -0.505 e. The molecule has 4 rings (SSSR count). The first-order valence-electron chi connectivity index (χ1n) is 8.04. The maximum absolute atomic E-state index is 13.8. The monoisotopic (exact) mass is 369 g/mol. The average Bonchev–Trinajstić information content (AvgIpc) is 2.62. The van der Waals surface area contributed by atoms with Crippen LogP contribution in [0, 0.1) is 5.82 Å². The van der Waals surface area contributed by atoms with Gasteiger partial charge in [0.15, 0.2) is 11.6 Å². The number of phenols is 1. The molecule has 0 unspecified atom stereocenters. The molecule has 0 spiro atoms. The van der Waals surface area contributed by atoms with Crippen molar-refractivity contribution in [2.24, 2.45) is 0 Å². The van der Waals surface area contributed by atoms with Crippen LogP contribution in [0.15, 0.2) is 36.4 Å². The van der Waals surface area contributed by atoms with E-state index in [4.69, 9.17) is 9.47 Å². The summed E-state index contributed by atoms with van der Waals surface area (Å²) in [7, 11) is 0. The van der Waals surface area contributed by atoms with Gasteiger partial charge in [-0.15, -0.1) is 0 Å². The Labute approximate surface area is 146 Å². The molecule has 2 N–H and O–H groups in total. The third kappa shape index (κ3) is 2.89. The van der Waals surface area contributed by atoms with E-state index < -0.39 is 41.6 Å². The molecule has 1 fully saturated rings. The van der Waals surface area contributed by atoms with Crippen LogP contribution in [0.5, 0.6) is 5.75 Å². The van der Waals surface area contributed by atoms with Crippen LogP contribution in [-0.2, 0) is 15.7 Å². The van der Waals surface area contributed by atoms with Gasteiger partial charge in [-0.25, -0.2) is 4.39 Å². The summed E-state index contributed by atoms with van der Waals surface area (Å²) in [5.41, 5.74) is 0.578. The molecule has 0 aromatic heterocycles. The lowest BCUT2D eigenvalue weighted by atomic mass is 9.87. The van der Waals surface area contributed by atoms with Gasteiger partial charge in [0.2, 0.25) is 0 Å². The Morgan fingerprint density at radius 3 is 2.54 bits per heavy atom. The molecule has 8 heteroatoms. The number of rotatable bonds is 1. The van der Waals surface area contributed by atoms with E-state index in [0.29, 0.717) is 16.8 Å². The highest BCUT2D eigenvalue weighted by atomic mass is 19.4. The number of fused-ring (bicyclic) bond motifs is 3. The van der Waals surface area contributed by atoms with Crippen molar-refractivity contribution in [3.05, 3.63) is 58.9 Å². The van der Waals surface area contributed by atoms with E-state index in [1.807, 2.05) is 0 Å². The lowest BCUT2D eigenvalue weighted by Gasteiger charge is -2.43. The van der Waals surface area contributed by atoms with Gasteiger partial charge >= 0.3 is 6.18 Å². The second-order valence-corrected chi connectivity index (χ2v) is 6.26. The fourth-order valence-electron chi connectivity index (χ4n) is 3.42. The van der Waals surface area contributed by atoms with Crippen LogP contribution < -0.4 is 5.32 Å². The fourth-order valence-corrected chi connectivity index (χ4v) is 3.42. The predicted molar refractivity (Wildman–Crippen MR) is 84.3 cm³/mol. The van der Waals surface area contributed by atoms with Crippen LogP contribution >= 0.6 is 0 Å². The Balaban J connectivity index is 1.77. The van der Waals surface area contributed by atoms with Gasteiger partial charge in [-0.05, 0) is 35.9 Å². The summed E-state index contributed by atoms with van der Waals surface area (Å²) in [6, 6.07) is 6.81. The number of phenolic OH excluding ortho intramolecular Hbond substituents is 1. The molecule has 26 heavy (non-hydrogen) atoms. The molecule has 2 aliphatic rings. The molecule has 138 valence electrons. The zero-order valence-corrected chi connectivity index (χ0v) is 13.4. The molecule has 2 aromatic carbocycles. The first-order chi connectivity index (χ1) is 12.3. The van der Waals surface area contributed by atoms with Crippen molar-refractivity contribution in [3.8, 4) is 5.75 Å². The highest BCUT2D eigenvalue weighted by Crippen LogP contribution is 2.46. The van der Waals surface area contributed by atoms with E-state index in [-0.39, 0.29) is 13.2 Å². The molecule has 2 aliphatic heterocycles. The van der Waals surface area contributed by atoms with Crippen LogP contribution in [0.2, 0.25) is 0 Å². The maximum Gasteiger partial charge on any atom is 0.416 e. The summed E-state index contributed by atoms with van der Waals surface area (Å²) >= 11 is 0. The second kappa shape index (κ2) is 6.14. The zero-order chi connectivity index (χ0) is 18.5. The summed E-state index contributed by atoms with van der Waals surface area (Å²) in [6.07, 6.45) is -5.79. The Morgan fingerprint density at radius 1 is 1.04 bits per heavy atom. The maximum atomic E-state index is 13.8. The molecule has 0 radical (unpaired) electrons. The van der Waals surface area contributed by atoms with Gasteiger partial charge < -0.3 is 19.9 Å². The molecule has 0 bridgehead atoms. The van der Waals surface area contributed by atoms with Crippen molar-refractivity contribution >= 4 is 5.69 Å². The molecule has 1 saturated heterocycles. The number of anilines is 1. The number of aromatic hydroxyl groups is 1. The first-order valence-corrected chi connectivity index (χ1v) is 8.04. The molecule has 3 atom stereocenters. The first kappa shape index (κ1) is 17.1. The van der Waals surface area contributed by atoms with Gasteiger partial charge in [0.25, 0.3) is 0 Å². The quantitative estimate of drug-likeness (QED) is 0.741. The van der Waals surface area contributed by atoms with Gasteiger partial charge in [0.1, 0.15) is 12.2 Å². The Hall–Kier alpha value is -2.32. The number of hydrogen-bond donors (Lipinski definition) is 2. The lowest BCUT2D eigenvalue weighted by molar-refractivity contribution is -0.152. The fraction of sp³-hybridized carbons (Fsp3) is 0.333. The zero-order valence-electron chi connectivity index (χ0n) is 13.4. The molecule has 2 heterocycles. The number of ether oxygens (including phenoxy) is 2. The van der Waals surface area contributed by atoms with Gasteiger partial charge in [-0.2, -0.15) is 13.2 Å². The van der Waals surface area contributed by atoms with Crippen molar-refractivity contribution in [2.75, 3.05) is 18.5 Å². The van der Waals surface area contributed by atoms with Gasteiger partial charge in [0, 0.05) is 11.3 Å². The Morgan fingerprint density at radius 2 is 1.81 bits per heavy atom. The van der Waals surface area contributed by atoms with E-state index in [2.05, 4.69) is 5.32 Å². The second-order valence-electron chi connectivity index (χ2n) is 6.26. The SMILES string of the molecule is Oc1ccc([C@@H]2Nc3ccc(C(F)(F)F)cc3[C@H]3OCCO[C@H]32)cc1F. The molecule has 4 nitrogen and oxygen atoms in total. The number of halogens is 4. The largest absolute Gasteiger partial charge is 0.505 e. The van der Waals surface area contributed by atoms with E-state index in [9.17, 15) is 22.7 Å². The average molecular weight is 369 g/mol. The van der Waals surface area contributed by atoms with Gasteiger partial charge in [-0.3, -0.25) is 0 Å².